The molecule has 0 fully saturated rings. The first-order valence-corrected chi connectivity index (χ1v) is 11.3. The molecule has 3 aromatic rings. The highest BCUT2D eigenvalue weighted by molar-refractivity contribution is 7.07. The zero-order chi connectivity index (χ0) is 21.1. The molecule has 0 radical (unpaired) electrons. The van der Waals surface area contributed by atoms with Gasteiger partial charge in [-0.1, -0.05) is 32.0 Å². The van der Waals surface area contributed by atoms with Crippen molar-refractivity contribution in [3.63, 3.8) is 0 Å². The fourth-order valence-corrected chi connectivity index (χ4v) is 4.61. The van der Waals surface area contributed by atoms with Gasteiger partial charge < -0.3 is 14.6 Å². The molecule has 0 bridgehead atoms. The Bertz CT molecular complexity index is 1100. The van der Waals surface area contributed by atoms with Gasteiger partial charge in [-0.3, -0.25) is 4.79 Å². The fraction of sp³-hybridized carbons (Fsp3) is 0.333. The summed E-state index contributed by atoms with van der Waals surface area (Å²) in [6.07, 6.45) is 2.23. The van der Waals surface area contributed by atoms with Crippen LogP contribution in [0.15, 0.2) is 58.9 Å². The first-order valence-electron chi connectivity index (χ1n) is 10.4. The lowest BCUT2D eigenvalue weighted by atomic mass is 10.0. The molecule has 4 rings (SSSR count). The highest BCUT2D eigenvalue weighted by Crippen LogP contribution is 2.34. The van der Waals surface area contributed by atoms with Crippen LogP contribution in [0, 0.1) is 5.92 Å². The van der Waals surface area contributed by atoms with Crippen LogP contribution in [0.25, 0.3) is 11.3 Å². The lowest BCUT2D eigenvalue weighted by Crippen LogP contribution is -2.25. The summed E-state index contributed by atoms with van der Waals surface area (Å²) >= 11 is 1.64. The molecular weight excluding hydrogens is 394 g/mol. The third kappa shape index (κ3) is 4.49. The number of fused-ring (bicyclic) bond motifs is 1. The smallest absolute Gasteiger partial charge is 0.262 e. The summed E-state index contributed by atoms with van der Waals surface area (Å²) in [5.41, 5.74) is 3.81. The summed E-state index contributed by atoms with van der Waals surface area (Å²) in [7, 11) is 0. The number of para-hydroxylation sites is 1. The number of benzene rings is 2. The van der Waals surface area contributed by atoms with Crippen molar-refractivity contribution in [3.05, 3.63) is 58.7 Å². The second kappa shape index (κ2) is 8.88. The molecule has 0 saturated heterocycles. The molecule has 2 heterocycles. The standard InChI is InChI=1S/C24H27N3O2S/c1-16(2)9-10-17(3)27-21(15-30-24(27)25-19-7-5-4-6-8-19)18-11-12-22-20(13-18)26-23(28)14-29-22/h4-8,11-13,15-17H,9-10,14H2,1-3H3,(H,26,28). The van der Waals surface area contributed by atoms with Crippen molar-refractivity contribution in [2.75, 3.05) is 11.9 Å². The zero-order valence-electron chi connectivity index (χ0n) is 17.6. The largest absolute Gasteiger partial charge is 0.482 e. The Hall–Kier alpha value is -2.86. The zero-order valence-corrected chi connectivity index (χ0v) is 18.4. The van der Waals surface area contributed by atoms with Gasteiger partial charge in [0.05, 0.1) is 17.1 Å². The number of rotatable bonds is 6. The molecule has 2 aromatic carbocycles. The molecule has 1 N–H and O–H groups in total. The minimum Gasteiger partial charge on any atom is -0.482 e. The molecule has 1 amide bonds. The molecule has 30 heavy (non-hydrogen) atoms. The van der Waals surface area contributed by atoms with Gasteiger partial charge in [-0.2, -0.15) is 0 Å². The van der Waals surface area contributed by atoms with Gasteiger partial charge in [-0.25, -0.2) is 4.99 Å². The molecule has 6 heteroatoms. The lowest BCUT2D eigenvalue weighted by Gasteiger charge is -2.21. The van der Waals surface area contributed by atoms with Crippen molar-refractivity contribution in [1.82, 2.24) is 4.57 Å². The predicted octanol–water partition coefficient (Wildman–Crippen LogP) is 5.78. The summed E-state index contributed by atoms with van der Waals surface area (Å²) in [5.74, 6) is 1.24. The van der Waals surface area contributed by atoms with Crippen molar-refractivity contribution < 1.29 is 9.53 Å². The van der Waals surface area contributed by atoms with Crippen LogP contribution in [0.1, 0.15) is 39.7 Å². The molecule has 1 unspecified atom stereocenters. The van der Waals surface area contributed by atoms with Crippen LogP contribution in [0.2, 0.25) is 0 Å². The van der Waals surface area contributed by atoms with Gasteiger partial charge in [0.25, 0.3) is 5.91 Å². The number of ether oxygens (including phenoxy) is 1. The maximum Gasteiger partial charge on any atom is 0.262 e. The minimum atomic E-state index is -0.122. The van der Waals surface area contributed by atoms with Gasteiger partial charge in [0.2, 0.25) is 0 Å². The highest BCUT2D eigenvalue weighted by atomic mass is 32.1. The summed E-state index contributed by atoms with van der Waals surface area (Å²) < 4.78 is 7.85. The quantitative estimate of drug-likeness (QED) is 0.549. The predicted molar refractivity (Wildman–Crippen MR) is 122 cm³/mol. The minimum absolute atomic E-state index is 0.0666. The van der Waals surface area contributed by atoms with Gasteiger partial charge in [-0.05, 0) is 56.0 Å². The van der Waals surface area contributed by atoms with E-state index in [1.165, 1.54) is 0 Å². The van der Waals surface area contributed by atoms with Gasteiger partial charge in [0.1, 0.15) is 5.75 Å². The molecule has 156 valence electrons. The van der Waals surface area contributed by atoms with E-state index in [9.17, 15) is 4.79 Å². The number of aromatic nitrogens is 1. The van der Waals surface area contributed by atoms with Crippen LogP contribution in [-0.2, 0) is 4.79 Å². The Labute approximate surface area is 181 Å². The van der Waals surface area contributed by atoms with Crippen molar-refractivity contribution in [2.45, 2.75) is 39.7 Å². The number of thiazole rings is 1. The van der Waals surface area contributed by atoms with E-state index < -0.39 is 0 Å². The van der Waals surface area contributed by atoms with Crippen LogP contribution < -0.4 is 14.9 Å². The Morgan fingerprint density at radius 2 is 1.93 bits per heavy atom. The number of hydrogen-bond donors (Lipinski definition) is 1. The normalized spacial score (nSPS) is 14.9. The van der Waals surface area contributed by atoms with E-state index in [0.717, 1.165) is 40.3 Å². The topological polar surface area (TPSA) is 55.6 Å². The van der Waals surface area contributed by atoms with Crippen molar-refractivity contribution >= 4 is 28.6 Å². The number of hydrogen-bond acceptors (Lipinski definition) is 4. The monoisotopic (exact) mass is 421 g/mol. The fourth-order valence-electron chi connectivity index (χ4n) is 3.60. The lowest BCUT2D eigenvalue weighted by molar-refractivity contribution is -0.118. The van der Waals surface area contributed by atoms with Crippen LogP contribution in [0.4, 0.5) is 11.4 Å². The third-order valence-corrected chi connectivity index (χ3v) is 6.07. The Kier molecular flexibility index (Phi) is 6.04. The van der Waals surface area contributed by atoms with Gasteiger partial charge in [0, 0.05) is 17.0 Å². The maximum absolute atomic E-state index is 11.8. The number of anilines is 1. The molecule has 1 aliphatic rings. The number of carbonyl (C=O) groups is 1. The molecule has 0 spiro atoms. The van der Waals surface area contributed by atoms with E-state index in [2.05, 4.69) is 42.1 Å². The number of nitrogens with one attached hydrogen (secondary N) is 1. The van der Waals surface area contributed by atoms with E-state index in [4.69, 9.17) is 9.73 Å². The summed E-state index contributed by atoms with van der Waals surface area (Å²) in [6.45, 7) is 6.84. The van der Waals surface area contributed by atoms with Crippen LogP contribution in [0.3, 0.4) is 0 Å². The Balaban J connectivity index is 1.79. The number of nitrogens with zero attached hydrogens (tertiary/aromatic N) is 2. The van der Waals surface area contributed by atoms with E-state index in [-0.39, 0.29) is 12.5 Å². The van der Waals surface area contributed by atoms with Crippen LogP contribution >= 0.6 is 11.3 Å². The van der Waals surface area contributed by atoms with Crippen molar-refractivity contribution in [3.8, 4) is 17.0 Å². The van der Waals surface area contributed by atoms with E-state index in [1.807, 2.05) is 42.5 Å². The van der Waals surface area contributed by atoms with Gasteiger partial charge in [-0.15, -0.1) is 11.3 Å². The van der Waals surface area contributed by atoms with Crippen LogP contribution in [-0.4, -0.2) is 17.1 Å². The van der Waals surface area contributed by atoms with E-state index in [1.54, 1.807) is 11.3 Å². The first kappa shape index (κ1) is 20.4. The number of amides is 1. The summed E-state index contributed by atoms with van der Waals surface area (Å²) in [5, 5.41) is 5.07. The molecule has 1 aromatic heterocycles. The van der Waals surface area contributed by atoms with Crippen LogP contribution in [0.5, 0.6) is 5.75 Å². The van der Waals surface area contributed by atoms with Crippen molar-refractivity contribution in [1.29, 1.82) is 0 Å². The average molecular weight is 422 g/mol. The Morgan fingerprint density at radius 1 is 1.13 bits per heavy atom. The second-order valence-electron chi connectivity index (χ2n) is 8.09. The van der Waals surface area contributed by atoms with Gasteiger partial charge in [0.15, 0.2) is 11.4 Å². The maximum atomic E-state index is 11.8. The summed E-state index contributed by atoms with van der Waals surface area (Å²) in [6, 6.07) is 16.3. The van der Waals surface area contributed by atoms with E-state index >= 15 is 0 Å². The average Bonchev–Trinajstić information content (AvgIpc) is 3.15. The Morgan fingerprint density at radius 3 is 2.70 bits per heavy atom. The number of carbonyl (C=O) groups excluding carboxylic acids is 1. The molecule has 1 aliphatic heterocycles. The summed E-state index contributed by atoms with van der Waals surface area (Å²) in [4.78, 5) is 17.7. The van der Waals surface area contributed by atoms with E-state index in [0.29, 0.717) is 17.7 Å². The molecule has 0 saturated carbocycles. The second-order valence-corrected chi connectivity index (χ2v) is 8.93. The van der Waals surface area contributed by atoms with Gasteiger partial charge >= 0.3 is 0 Å². The molecule has 0 aliphatic carbocycles. The first-order chi connectivity index (χ1) is 14.5. The molecule has 5 nitrogen and oxygen atoms in total. The van der Waals surface area contributed by atoms with Crippen molar-refractivity contribution in [2.24, 2.45) is 10.9 Å². The SMILES string of the molecule is CC(C)CCC(C)n1c(-c2ccc3c(c2)NC(=O)CO3)csc1=Nc1ccccc1. The third-order valence-electron chi connectivity index (χ3n) is 5.23. The highest BCUT2D eigenvalue weighted by Gasteiger charge is 2.19. The molecule has 1 atom stereocenters. The molecular formula is C24H27N3O2S.